The molecule has 0 unspecified atom stereocenters. The molecule has 0 atom stereocenters. The van der Waals surface area contributed by atoms with Crippen LogP contribution >= 0.6 is 11.3 Å². The van der Waals surface area contributed by atoms with E-state index in [1.54, 1.807) is 0 Å². The quantitative estimate of drug-likeness (QED) is 0.872. The van der Waals surface area contributed by atoms with Crippen LogP contribution < -0.4 is 5.32 Å². The molecule has 1 aliphatic carbocycles. The molecule has 21 heavy (non-hydrogen) atoms. The summed E-state index contributed by atoms with van der Waals surface area (Å²) in [6.45, 7) is 10.4. The van der Waals surface area contributed by atoms with E-state index in [0.29, 0.717) is 0 Å². The predicted octanol–water partition coefficient (Wildman–Crippen LogP) is 3.47. The Morgan fingerprint density at radius 3 is 2.52 bits per heavy atom. The summed E-state index contributed by atoms with van der Waals surface area (Å²) in [6, 6.07) is 0.747. The molecule has 2 fully saturated rings. The van der Waals surface area contributed by atoms with E-state index >= 15 is 0 Å². The molecule has 3 rings (SSSR count). The Kier molecular flexibility index (Phi) is 4.67. The maximum Gasteiger partial charge on any atom is 0.113 e. The van der Waals surface area contributed by atoms with Gasteiger partial charge in [0.05, 0.1) is 11.2 Å². The molecule has 1 saturated heterocycles. The second kappa shape index (κ2) is 6.35. The number of hydrogen-bond acceptors (Lipinski definition) is 4. The highest BCUT2D eigenvalue weighted by molar-refractivity contribution is 7.11. The summed E-state index contributed by atoms with van der Waals surface area (Å²) in [6.07, 6.45) is 7.47. The number of hydrogen-bond donors (Lipinski definition) is 1. The zero-order chi connectivity index (χ0) is 14.9. The third-order valence-corrected chi connectivity index (χ3v) is 6.16. The summed E-state index contributed by atoms with van der Waals surface area (Å²) in [5.41, 5.74) is 1.47. The van der Waals surface area contributed by atoms with Crippen LogP contribution in [0.1, 0.15) is 61.5 Å². The highest BCUT2D eigenvalue weighted by Gasteiger charge is 2.42. The van der Waals surface area contributed by atoms with Gasteiger partial charge < -0.3 is 10.2 Å². The minimum Gasteiger partial charge on any atom is -0.303 e. The molecule has 0 bridgehead atoms. The van der Waals surface area contributed by atoms with Crippen LogP contribution in [0, 0.1) is 6.92 Å². The fourth-order valence-electron chi connectivity index (χ4n) is 3.47. The first kappa shape index (κ1) is 15.4. The standard InChI is InChI=1S/C17H29N3S/c1-4-10-20-11-8-17(9-12-20,19-14-6-7-14)16-18-15(5-2)13(3)21-16/h14,19H,4-12H2,1-3H3. The zero-order valence-corrected chi connectivity index (χ0v) is 14.6. The van der Waals surface area contributed by atoms with Crippen molar-refractivity contribution in [2.45, 2.75) is 70.9 Å². The fourth-order valence-corrected chi connectivity index (χ4v) is 4.69. The molecule has 1 aromatic heterocycles. The molecule has 1 saturated carbocycles. The van der Waals surface area contributed by atoms with E-state index in [-0.39, 0.29) is 5.54 Å². The first-order valence-corrected chi connectivity index (χ1v) is 9.45. The van der Waals surface area contributed by atoms with Crippen LogP contribution in [0.25, 0.3) is 0 Å². The Balaban J connectivity index is 1.80. The number of aryl methyl sites for hydroxylation is 2. The number of nitrogens with one attached hydrogen (secondary N) is 1. The molecule has 2 aliphatic rings. The SMILES string of the molecule is CCCN1CCC(NC2CC2)(c2nc(CC)c(C)s2)CC1. The van der Waals surface area contributed by atoms with Crippen molar-refractivity contribution in [1.82, 2.24) is 15.2 Å². The van der Waals surface area contributed by atoms with E-state index in [1.165, 1.54) is 67.3 Å². The van der Waals surface area contributed by atoms with Crippen LogP contribution in [0.4, 0.5) is 0 Å². The van der Waals surface area contributed by atoms with Crippen LogP contribution in [0.2, 0.25) is 0 Å². The lowest BCUT2D eigenvalue weighted by Gasteiger charge is -2.41. The van der Waals surface area contributed by atoms with Crippen LogP contribution in [-0.4, -0.2) is 35.6 Å². The van der Waals surface area contributed by atoms with Crippen molar-refractivity contribution in [3.63, 3.8) is 0 Å². The first-order valence-electron chi connectivity index (χ1n) is 8.63. The summed E-state index contributed by atoms with van der Waals surface area (Å²) in [5, 5.41) is 5.33. The van der Waals surface area contributed by atoms with Crippen molar-refractivity contribution in [1.29, 1.82) is 0 Å². The molecule has 0 aromatic carbocycles. The zero-order valence-electron chi connectivity index (χ0n) is 13.7. The number of aromatic nitrogens is 1. The molecular formula is C17H29N3S. The summed E-state index contributed by atoms with van der Waals surface area (Å²) < 4.78 is 0. The molecule has 118 valence electrons. The van der Waals surface area contributed by atoms with Crippen molar-refractivity contribution in [3.05, 3.63) is 15.6 Å². The third-order valence-electron chi connectivity index (χ3n) is 4.94. The topological polar surface area (TPSA) is 28.2 Å². The van der Waals surface area contributed by atoms with Crippen molar-refractivity contribution in [3.8, 4) is 0 Å². The molecule has 2 heterocycles. The summed E-state index contributed by atoms with van der Waals surface area (Å²) in [5.74, 6) is 0. The van der Waals surface area contributed by atoms with Gasteiger partial charge in [-0.2, -0.15) is 0 Å². The van der Waals surface area contributed by atoms with E-state index in [1.807, 2.05) is 11.3 Å². The lowest BCUT2D eigenvalue weighted by molar-refractivity contribution is 0.132. The summed E-state index contributed by atoms with van der Waals surface area (Å²) >= 11 is 1.94. The number of nitrogens with zero attached hydrogens (tertiary/aromatic N) is 2. The van der Waals surface area contributed by atoms with Gasteiger partial charge in [-0.1, -0.05) is 13.8 Å². The maximum absolute atomic E-state index is 5.01. The van der Waals surface area contributed by atoms with Crippen LogP contribution in [-0.2, 0) is 12.0 Å². The molecule has 1 N–H and O–H groups in total. The Bertz CT molecular complexity index is 470. The van der Waals surface area contributed by atoms with E-state index in [9.17, 15) is 0 Å². The molecule has 0 radical (unpaired) electrons. The van der Waals surface area contributed by atoms with Gasteiger partial charge in [0.25, 0.3) is 0 Å². The number of piperidine rings is 1. The maximum atomic E-state index is 5.01. The van der Waals surface area contributed by atoms with E-state index in [4.69, 9.17) is 4.98 Å². The Labute approximate surface area is 133 Å². The molecule has 4 heteroatoms. The van der Waals surface area contributed by atoms with Crippen molar-refractivity contribution in [2.75, 3.05) is 19.6 Å². The Morgan fingerprint density at radius 1 is 1.29 bits per heavy atom. The molecule has 0 amide bonds. The Morgan fingerprint density at radius 2 is 2.00 bits per heavy atom. The Hall–Kier alpha value is -0.450. The van der Waals surface area contributed by atoms with E-state index < -0.39 is 0 Å². The summed E-state index contributed by atoms with van der Waals surface area (Å²) in [7, 11) is 0. The predicted molar refractivity (Wildman–Crippen MR) is 90.0 cm³/mol. The largest absolute Gasteiger partial charge is 0.303 e. The van der Waals surface area contributed by atoms with Crippen molar-refractivity contribution in [2.24, 2.45) is 0 Å². The highest BCUT2D eigenvalue weighted by atomic mass is 32.1. The van der Waals surface area contributed by atoms with Crippen LogP contribution in [0.5, 0.6) is 0 Å². The van der Waals surface area contributed by atoms with Gasteiger partial charge in [-0.3, -0.25) is 0 Å². The van der Waals surface area contributed by atoms with Gasteiger partial charge in [0, 0.05) is 24.0 Å². The first-order chi connectivity index (χ1) is 10.2. The number of likely N-dealkylation sites (tertiary alicyclic amines) is 1. The van der Waals surface area contributed by atoms with Crippen LogP contribution in [0.15, 0.2) is 0 Å². The monoisotopic (exact) mass is 307 g/mol. The number of thiazole rings is 1. The lowest BCUT2D eigenvalue weighted by atomic mass is 9.87. The van der Waals surface area contributed by atoms with Gasteiger partial charge in [-0.25, -0.2) is 4.98 Å². The van der Waals surface area contributed by atoms with Gasteiger partial charge in [0.2, 0.25) is 0 Å². The minimum atomic E-state index is 0.161. The average molecular weight is 308 g/mol. The third kappa shape index (κ3) is 3.33. The number of rotatable bonds is 6. The van der Waals surface area contributed by atoms with Crippen molar-refractivity contribution < 1.29 is 0 Å². The molecule has 3 nitrogen and oxygen atoms in total. The fraction of sp³-hybridized carbons (Fsp3) is 0.824. The molecule has 0 spiro atoms. The molecule has 1 aromatic rings. The van der Waals surface area contributed by atoms with Gasteiger partial charge in [0.15, 0.2) is 0 Å². The average Bonchev–Trinajstić information content (AvgIpc) is 3.21. The normalized spacial score (nSPS) is 22.6. The van der Waals surface area contributed by atoms with E-state index in [0.717, 1.165) is 12.5 Å². The van der Waals surface area contributed by atoms with Gasteiger partial charge in [0.1, 0.15) is 5.01 Å². The second-order valence-electron chi connectivity index (χ2n) is 6.72. The van der Waals surface area contributed by atoms with Gasteiger partial charge in [-0.15, -0.1) is 11.3 Å². The smallest absolute Gasteiger partial charge is 0.113 e. The second-order valence-corrected chi connectivity index (χ2v) is 7.92. The van der Waals surface area contributed by atoms with Gasteiger partial charge in [-0.05, 0) is 52.0 Å². The van der Waals surface area contributed by atoms with E-state index in [2.05, 4.69) is 31.0 Å². The minimum absolute atomic E-state index is 0.161. The molecule has 1 aliphatic heterocycles. The molecular weight excluding hydrogens is 278 g/mol. The van der Waals surface area contributed by atoms with Gasteiger partial charge >= 0.3 is 0 Å². The highest BCUT2D eigenvalue weighted by Crippen LogP contribution is 2.39. The van der Waals surface area contributed by atoms with Crippen molar-refractivity contribution >= 4 is 11.3 Å². The lowest BCUT2D eigenvalue weighted by Crippen LogP contribution is -2.52. The summed E-state index contributed by atoms with van der Waals surface area (Å²) in [4.78, 5) is 9.05. The van der Waals surface area contributed by atoms with Crippen LogP contribution in [0.3, 0.4) is 0 Å².